The van der Waals surface area contributed by atoms with Crippen molar-refractivity contribution in [2.75, 3.05) is 6.54 Å². The highest BCUT2D eigenvalue weighted by Crippen LogP contribution is 2.01. The predicted octanol–water partition coefficient (Wildman–Crippen LogP) is 1.80. The first kappa shape index (κ1) is 13.4. The molecular weight excluding hydrogens is 232 g/mol. The largest absolute Gasteiger partial charge is 0.359 e. The van der Waals surface area contributed by atoms with Crippen molar-refractivity contribution in [3.63, 3.8) is 0 Å². The summed E-state index contributed by atoms with van der Waals surface area (Å²) in [5, 5.41) is 5.81. The molecule has 0 aliphatic heterocycles. The molecule has 1 aromatic rings. The molecule has 0 bridgehead atoms. The van der Waals surface area contributed by atoms with Gasteiger partial charge < -0.3 is 10.6 Å². The molecule has 0 unspecified atom stereocenters. The first-order chi connectivity index (χ1) is 8.22. The van der Waals surface area contributed by atoms with Crippen LogP contribution in [0.25, 0.3) is 0 Å². The Morgan fingerprint density at radius 2 is 2.06 bits per heavy atom. The van der Waals surface area contributed by atoms with Gasteiger partial charge in [-0.2, -0.15) is 0 Å². The Balaban J connectivity index is 2.26. The van der Waals surface area contributed by atoms with Crippen LogP contribution in [0.3, 0.4) is 0 Å². The molecule has 0 aliphatic carbocycles. The molecule has 0 radical (unpaired) electrons. The van der Waals surface area contributed by atoms with Crippen LogP contribution in [0.15, 0.2) is 43.0 Å². The topological polar surface area (TPSA) is 41.1 Å². The van der Waals surface area contributed by atoms with E-state index in [4.69, 9.17) is 12.2 Å². The molecular formula is C13H16N2OS. The van der Waals surface area contributed by atoms with Crippen molar-refractivity contribution < 1.29 is 4.79 Å². The van der Waals surface area contributed by atoms with E-state index < -0.39 is 0 Å². The number of thiocarbonyl (C=S) groups is 1. The molecule has 0 aromatic heterocycles. The van der Waals surface area contributed by atoms with Crippen LogP contribution in [0.4, 0.5) is 0 Å². The number of amides is 1. The number of nitrogens with one attached hydrogen (secondary N) is 2. The van der Waals surface area contributed by atoms with Crippen LogP contribution in [-0.4, -0.2) is 17.6 Å². The van der Waals surface area contributed by atoms with Crippen molar-refractivity contribution in [2.45, 2.75) is 12.8 Å². The molecule has 0 spiro atoms. The van der Waals surface area contributed by atoms with Crippen LogP contribution >= 0.6 is 12.2 Å². The summed E-state index contributed by atoms with van der Waals surface area (Å²) in [4.78, 5) is 11.5. The van der Waals surface area contributed by atoms with Gasteiger partial charge in [0.25, 0.3) is 0 Å². The van der Waals surface area contributed by atoms with Crippen LogP contribution in [-0.2, 0) is 11.2 Å². The lowest BCUT2D eigenvalue weighted by Gasteiger charge is -2.07. The van der Waals surface area contributed by atoms with Crippen molar-refractivity contribution in [3.8, 4) is 0 Å². The SMILES string of the molecule is C=CCNC(=S)NC(=O)CCc1ccccc1. The number of carbonyl (C=O) groups is 1. The smallest absolute Gasteiger partial charge is 0.226 e. The molecule has 3 nitrogen and oxygen atoms in total. The first-order valence-electron chi connectivity index (χ1n) is 5.45. The Morgan fingerprint density at radius 1 is 1.35 bits per heavy atom. The number of rotatable bonds is 5. The summed E-state index contributed by atoms with van der Waals surface area (Å²) in [7, 11) is 0. The van der Waals surface area contributed by atoms with Crippen LogP contribution < -0.4 is 10.6 Å². The molecule has 1 rings (SSSR count). The van der Waals surface area contributed by atoms with E-state index in [1.165, 1.54) is 0 Å². The standard InChI is InChI=1S/C13H16N2OS/c1-2-10-14-13(17)15-12(16)9-8-11-6-4-3-5-7-11/h2-7H,1,8-10H2,(H2,14,15,16,17). The van der Waals surface area contributed by atoms with Crippen molar-refractivity contribution in [1.29, 1.82) is 0 Å². The van der Waals surface area contributed by atoms with E-state index in [9.17, 15) is 4.79 Å². The third kappa shape index (κ3) is 5.82. The molecule has 2 N–H and O–H groups in total. The number of hydrogen-bond donors (Lipinski definition) is 2. The zero-order valence-corrected chi connectivity index (χ0v) is 10.4. The first-order valence-corrected chi connectivity index (χ1v) is 5.85. The molecule has 0 fully saturated rings. The monoisotopic (exact) mass is 248 g/mol. The summed E-state index contributed by atoms with van der Waals surface area (Å²) < 4.78 is 0. The fourth-order valence-electron chi connectivity index (χ4n) is 1.30. The molecule has 4 heteroatoms. The maximum absolute atomic E-state index is 11.5. The molecule has 0 heterocycles. The molecule has 17 heavy (non-hydrogen) atoms. The number of aryl methyl sites for hydroxylation is 1. The zero-order valence-electron chi connectivity index (χ0n) is 9.61. The summed E-state index contributed by atoms with van der Waals surface area (Å²) in [6.45, 7) is 4.11. The Kier molecular flexibility index (Phi) is 5.96. The van der Waals surface area contributed by atoms with Gasteiger partial charge in [-0.1, -0.05) is 36.4 Å². The molecule has 0 atom stereocenters. The van der Waals surface area contributed by atoms with Gasteiger partial charge in [0.1, 0.15) is 0 Å². The third-order valence-corrected chi connectivity index (χ3v) is 2.39. The zero-order chi connectivity index (χ0) is 12.5. The van der Waals surface area contributed by atoms with Crippen LogP contribution in [0, 0.1) is 0 Å². The van der Waals surface area contributed by atoms with Gasteiger partial charge in [0.15, 0.2) is 5.11 Å². The highest BCUT2D eigenvalue weighted by atomic mass is 32.1. The Morgan fingerprint density at radius 3 is 2.71 bits per heavy atom. The Bertz CT molecular complexity index is 390. The summed E-state index contributed by atoms with van der Waals surface area (Å²) in [5.41, 5.74) is 1.15. The van der Waals surface area contributed by atoms with E-state index in [1.54, 1.807) is 6.08 Å². The number of hydrogen-bond acceptors (Lipinski definition) is 2. The van der Waals surface area contributed by atoms with E-state index >= 15 is 0 Å². The summed E-state index contributed by atoms with van der Waals surface area (Å²) in [6, 6.07) is 9.88. The normalized spacial score (nSPS) is 9.41. The van der Waals surface area contributed by atoms with Crippen molar-refractivity contribution >= 4 is 23.2 Å². The second-order valence-corrected chi connectivity index (χ2v) is 3.94. The highest BCUT2D eigenvalue weighted by molar-refractivity contribution is 7.80. The highest BCUT2D eigenvalue weighted by Gasteiger charge is 2.03. The van der Waals surface area contributed by atoms with Crippen molar-refractivity contribution in [3.05, 3.63) is 48.6 Å². The molecule has 90 valence electrons. The van der Waals surface area contributed by atoms with Gasteiger partial charge in [-0.05, 0) is 24.2 Å². The van der Waals surface area contributed by atoms with E-state index in [2.05, 4.69) is 17.2 Å². The van der Waals surface area contributed by atoms with E-state index in [1.807, 2.05) is 30.3 Å². The van der Waals surface area contributed by atoms with Crippen LogP contribution in [0.2, 0.25) is 0 Å². The average Bonchev–Trinajstić information content (AvgIpc) is 2.35. The Labute approximate surface area is 107 Å². The van der Waals surface area contributed by atoms with Crippen molar-refractivity contribution in [2.24, 2.45) is 0 Å². The minimum absolute atomic E-state index is 0.0737. The minimum Gasteiger partial charge on any atom is -0.359 e. The van der Waals surface area contributed by atoms with Gasteiger partial charge in [0.05, 0.1) is 0 Å². The van der Waals surface area contributed by atoms with Gasteiger partial charge in [0, 0.05) is 13.0 Å². The van der Waals surface area contributed by atoms with E-state index in [0.717, 1.165) is 12.0 Å². The van der Waals surface area contributed by atoms with Crippen LogP contribution in [0.5, 0.6) is 0 Å². The van der Waals surface area contributed by atoms with Crippen molar-refractivity contribution in [1.82, 2.24) is 10.6 Å². The van der Waals surface area contributed by atoms with Gasteiger partial charge in [0.2, 0.25) is 5.91 Å². The lowest BCUT2D eigenvalue weighted by atomic mass is 10.1. The van der Waals surface area contributed by atoms with Gasteiger partial charge >= 0.3 is 0 Å². The summed E-state index contributed by atoms with van der Waals surface area (Å²) >= 11 is 4.94. The van der Waals surface area contributed by atoms with Gasteiger partial charge in [-0.15, -0.1) is 6.58 Å². The maximum Gasteiger partial charge on any atom is 0.226 e. The molecule has 1 aromatic carbocycles. The fraction of sp³-hybridized carbons (Fsp3) is 0.231. The predicted molar refractivity (Wildman–Crippen MR) is 73.7 cm³/mol. The van der Waals surface area contributed by atoms with Gasteiger partial charge in [-0.25, -0.2) is 0 Å². The van der Waals surface area contributed by atoms with E-state index in [0.29, 0.717) is 18.1 Å². The maximum atomic E-state index is 11.5. The van der Waals surface area contributed by atoms with Crippen LogP contribution in [0.1, 0.15) is 12.0 Å². The number of carbonyl (C=O) groups excluding carboxylic acids is 1. The van der Waals surface area contributed by atoms with E-state index in [-0.39, 0.29) is 5.91 Å². The molecule has 1 amide bonds. The number of benzene rings is 1. The minimum atomic E-state index is -0.0737. The Hall–Kier alpha value is -1.68. The fourth-order valence-corrected chi connectivity index (χ4v) is 1.50. The lowest BCUT2D eigenvalue weighted by molar-refractivity contribution is -0.119. The third-order valence-electron chi connectivity index (χ3n) is 2.14. The lowest BCUT2D eigenvalue weighted by Crippen LogP contribution is -2.39. The summed E-state index contributed by atoms with van der Waals surface area (Å²) in [5.74, 6) is -0.0737. The summed E-state index contributed by atoms with van der Waals surface area (Å²) in [6.07, 6.45) is 2.83. The van der Waals surface area contributed by atoms with Gasteiger partial charge in [-0.3, -0.25) is 4.79 Å². The second kappa shape index (κ2) is 7.57. The second-order valence-electron chi connectivity index (χ2n) is 3.53. The molecule has 0 saturated carbocycles. The molecule has 0 aliphatic rings. The molecule has 0 saturated heterocycles. The quantitative estimate of drug-likeness (QED) is 0.616. The average molecular weight is 248 g/mol.